The first-order valence-electron chi connectivity index (χ1n) is 7.13. The number of hydrogen-bond donors (Lipinski definition) is 2. The van der Waals surface area contributed by atoms with Crippen LogP contribution in [0.3, 0.4) is 0 Å². The van der Waals surface area contributed by atoms with E-state index in [2.05, 4.69) is 37.4 Å². The molecule has 1 aromatic rings. The molecule has 0 radical (unpaired) electrons. The maximum atomic E-state index is 10.9. The molecule has 0 spiro atoms. The van der Waals surface area contributed by atoms with Gasteiger partial charge in [0.2, 0.25) is 0 Å². The first-order chi connectivity index (χ1) is 9.04. The third kappa shape index (κ3) is 4.06. The van der Waals surface area contributed by atoms with Crippen LogP contribution in [0.15, 0.2) is 18.2 Å². The maximum absolute atomic E-state index is 10.9. The van der Waals surface area contributed by atoms with Gasteiger partial charge in [-0.2, -0.15) is 0 Å². The van der Waals surface area contributed by atoms with E-state index in [0.29, 0.717) is 6.04 Å². The van der Waals surface area contributed by atoms with Gasteiger partial charge in [0, 0.05) is 12.1 Å². The van der Waals surface area contributed by atoms with E-state index in [1.807, 2.05) is 0 Å². The second kappa shape index (κ2) is 6.20. The number of hydrogen-bond acceptors (Lipinski definition) is 2. The second-order valence-electron chi connectivity index (χ2n) is 5.78. The highest BCUT2D eigenvalue weighted by molar-refractivity contribution is 5.67. The van der Waals surface area contributed by atoms with Gasteiger partial charge in [-0.15, -0.1) is 0 Å². The lowest BCUT2D eigenvalue weighted by atomic mass is 9.99. The summed E-state index contributed by atoms with van der Waals surface area (Å²) in [5, 5.41) is 12.3. The maximum Gasteiger partial charge on any atom is 0.304 e. The number of aliphatic carboxylic acids is 1. The Labute approximate surface area is 115 Å². The normalized spacial score (nSPS) is 15.5. The van der Waals surface area contributed by atoms with Gasteiger partial charge < -0.3 is 10.4 Å². The molecular weight excluding hydrogens is 238 g/mol. The number of aryl methyl sites for hydroxylation is 2. The van der Waals surface area contributed by atoms with Crippen LogP contribution >= 0.6 is 0 Å². The van der Waals surface area contributed by atoms with Crippen molar-refractivity contribution in [2.24, 2.45) is 0 Å². The van der Waals surface area contributed by atoms with Crippen LogP contribution in [0, 0.1) is 0 Å². The zero-order chi connectivity index (χ0) is 13.8. The number of benzene rings is 1. The standard InChI is InChI=1S/C16H23NO2/c1-11(2)17-15(10-16(18)19)9-12-6-7-13-4-3-5-14(13)8-12/h6-8,11,15,17H,3-5,9-10H2,1-2H3,(H,18,19). The molecule has 0 saturated carbocycles. The van der Waals surface area contributed by atoms with Gasteiger partial charge in [-0.05, 0) is 42.4 Å². The SMILES string of the molecule is CC(C)NC(CC(=O)O)Cc1ccc2c(c1)CCC2. The Morgan fingerprint density at radius 3 is 2.74 bits per heavy atom. The van der Waals surface area contributed by atoms with Gasteiger partial charge in [0.05, 0.1) is 6.42 Å². The molecule has 19 heavy (non-hydrogen) atoms. The molecule has 0 saturated heterocycles. The molecule has 0 aliphatic heterocycles. The third-order valence-corrected chi connectivity index (χ3v) is 3.64. The molecule has 1 aromatic carbocycles. The highest BCUT2D eigenvalue weighted by Crippen LogP contribution is 2.23. The summed E-state index contributed by atoms with van der Waals surface area (Å²) >= 11 is 0. The first-order valence-corrected chi connectivity index (χ1v) is 7.13. The summed E-state index contributed by atoms with van der Waals surface area (Å²) < 4.78 is 0. The van der Waals surface area contributed by atoms with Crippen molar-refractivity contribution >= 4 is 5.97 Å². The van der Waals surface area contributed by atoms with Crippen LogP contribution in [-0.2, 0) is 24.1 Å². The fourth-order valence-corrected chi connectivity index (χ4v) is 2.91. The number of carboxylic acid groups (broad SMARTS) is 1. The molecule has 0 bridgehead atoms. The van der Waals surface area contributed by atoms with Crippen LogP contribution < -0.4 is 5.32 Å². The Morgan fingerprint density at radius 1 is 1.32 bits per heavy atom. The van der Waals surface area contributed by atoms with E-state index < -0.39 is 5.97 Å². The lowest BCUT2D eigenvalue weighted by Crippen LogP contribution is -2.38. The fourth-order valence-electron chi connectivity index (χ4n) is 2.91. The lowest BCUT2D eigenvalue weighted by Gasteiger charge is -2.20. The summed E-state index contributed by atoms with van der Waals surface area (Å²) in [7, 11) is 0. The van der Waals surface area contributed by atoms with Gasteiger partial charge >= 0.3 is 5.97 Å². The van der Waals surface area contributed by atoms with E-state index in [0.717, 1.165) is 6.42 Å². The van der Waals surface area contributed by atoms with E-state index in [-0.39, 0.29) is 12.5 Å². The molecule has 104 valence electrons. The molecular formula is C16H23NO2. The third-order valence-electron chi connectivity index (χ3n) is 3.64. The molecule has 0 aromatic heterocycles. The van der Waals surface area contributed by atoms with Gasteiger partial charge in [0.25, 0.3) is 0 Å². The van der Waals surface area contributed by atoms with Crippen molar-refractivity contribution in [1.29, 1.82) is 0 Å². The summed E-state index contributed by atoms with van der Waals surface area (Å²) in [6, 6.07) is 6.95. The van der Waals surface area contributed by atoms with Gasteiger partial charge in [-0.3, -0.25) is 4.79 Å². The van der Waals surface area contributed by atoms with Crippen LogP contribution in [0.2, 0.25) is 0 Å². The van der Waals surface area contributed by atoms with Crippen LogP contribution in [0.5, 0.6) is 0 Å². The van der Waals surface area contributed by atoms with Crippen molar-refractivity contribution in [2.75, 3.05) is 0 Å². The quantitative estimate of drug-likeness (QED) is 0.827. The average molecular weight is 261 g/mol. The van der Waals surface area contributed by atoms with Gasteiger partial charge in [0.1, 0.15) is 0 Å². The molecule has 2 rings (SSSR count). The minimum Gasteiger partial charge on any atom is -0.481 e. The monoisotopic (exact) mass is 261 g/mol. The van der Waals surface area contributed by atoms with Gasteiger partial charge in [-0.1, -0.05) is 32.0 Å². The van der Waals surface area contributed by atoms with E-state index in [4.69, 9.17) is 5.11 Å². The highest BCUT2D eigenvalue weighted by Gasteiger charge is 2.16. The number of nitrogens with one attached hydrogen (secondary N) is 1. The van der Waals surface area contributed by atoms with Gasteiger partial charge in [-0.25, -0.2) is 0 Å². The molecule has 2 N–H and O–H groups in total. The summed E-state index contributed by atoms with van der Waals surface area (Å²) in [4.78, 5) is 10.9. The largest absolute Gasteiger partial charge is 0.481 e. The van der Waals surface area contributed by atoms with Crippen LogP contribution in [0.4, 0.5) is 0 Å². The zero-order valence-electron chi connectivity index (χ0n) is 11.8. The number of rotatable bonds is 6. The predicted molar refractivity (Wildman–Crippen MR) is 76.5 cm³/mol. The van der Waals surface area contributed by atoms with Crippen LogP contribution in [-0.4, -0.2) is 23.2 Å². The van der Waals surface area contributed by atoms with Crippen molar-refractivity contribution in [1.82, 2.24) is 5.32 Å². The summed E-state index contributed by atoms with van der Waals surface area (Å²) in [6.45, 7) is 4.11. The molecule has 0 amide bonds. The van der Waals surface area contributed by atoms with Gasteiger partial charge in [0.15, 0.2) is 0 Å². The Bertz CT molecular complexity index is 454. The smallest absolute Gasteiger partial charge is 0.304 e. The molecule has 1 aliphatic rings. The Kier molecular flexibility index (Phi) is 4.59. The highest BCUT2D eigenvalue weighted by atomic mass is 16.4. The van der Waals surface area contributed by atoms with Crippen molar-refractivity contribution < 1.29 is 9.90 Å². The number of carboxylic acids is 1. The first kappa shape index (κ1) is 14.1. The predicted octanol–water partition coefficient (Wildman–Crippen LogP) is 2.56. The zero-order valence-corrected chi connectivity index (χ0v) is 11.8. The summed E-state index contributed by atoms with van der Waals surface area (Å²) in [5.74, 6) is -0.737. The summed E-state index contributed by atoms with van der Waals surface area (Å²) in [6.07, 6.45) is 4.58. The average Bonchev–Trinajstić information content (AvgIpc) is 2.74. The second-order valence-corrected chi connectivity index (χ2v) is 5.78. The van der Waals surface area contributed by atoms with Crippen molar-refractivity contribution in [3.8, 4) is 0 Å². The van der Waals surface area contributed by atoms with E-state index in [1.54, 1.807) is 0 Å². The minimum absolute atomic E-state index is 0.0111. The Balaban J connectivity index is 2.05. The molecule has 0 fully saturated rings. The Morgan fingerprint density at radius 2 is 2.05 bits per heavy atom. The topological polar surface area (TPSA) is 49.3 Å². The summed E-state index contributed by atoms with van der Waals surface area (Å²) in [5.41, 5.74) is 4.17. The molecule has 3 nitrogen and oxygen atoms in total. The van der Waals surface area contributed by atoms with Crippen molar-refractivity contribution in [3.05, 3.63) is 34.9 Å². The fraction of sp³-hybridized carbons (Fsp3) is 0.562. The van der Waals surface area contributed by atoms with E-state index >= 15 is 0 Å². The minimum atomic E-state index is -0.737. The molecule has 1 atom stereocenters. The molecule has 1 unspecified atom stereocenters. The molecule has 1 aliphatic carbocycles. The Hall–Kier alpha value is -1.35. The van der Waals surface area contributed by atoms with Crippen molar-refractivity contribution in [3.63, 3.8) is 0 Å². The lowest BCUT2D eigenvalue weighted by molar-refractivity contribution is -0.137. The molecule has 0 heterocycles. The van der Waals surface area contributed by atoms with Crippen molar-refractivity contribution in [2.45, 2.75) is 58.0 Å². The van der Waals surface area contributed by atoms with Crippen LogP contribution in [0.1, 0.15) is 43.4 Å². The number of fused-ring (bicyclic) bond motifs is 1. The number of carbonyl (C=O) groups is 1. The van der Waals surface area contributed by atoms with E-state index in [9.17, 15) is 4.79 Å². The van der Waals surface area contributed by atoms with E-state index in [1.165, 1.54) is 36.0 Å². The molecule has 3 heteroatoms. The van der Waals surface area contributed by atoms with Crippen LogP contribution in [0.25, 0.3) is 0 Å².